The van der Waals surface area contributed by atoms with Gasteiger partial charge in [0.1, 0.15) is 0 Å². The van der Waals surface area contributed by atoms with Crippen LogP contribution < -0.4 is 5.32 Å². The Balaban J connectivity index is 2.42. The van der Waals surface area contributed by atoms with E-state index < -0.39 is 10.0 Å². The third-order valence-electron chi connectivity index (χ3n) is 5.37. The van der Waals surface area contributed by atoms with Gasteiger partial charge in [0.25, 0.3) is 0 Å². The van der Waals surface area contributed by atoms with Crippen LogP contribution in [0.15, 0.2) is 0 Å². The molecule has 0 saturated carbocycles. The topological polar surface area (TPSA) is 69.7 Å². The molecule has 160 valence electrons. The van der Waals surface area contributed by atoms with Gasteiger partial charge in [0.15, 0.2) is 0 Å². The Bertz CT molecular complexity index is 507. The minimum absolute atomic E-state index is 0.0703. The lowest BCUT2D eigenvalue weighted by Gasteiger charge is -2.31. The number of nitrogens with zero attached hydrogens (tertiary/aromatic N) is 2. The van der Waals surface area contributed by atoms with Crippen LogP contribution in [0.3, 0.4) is 0 Å². The van der Waals surface area contributed by atoms with Crippen LogP contribution in [0.5, 0.6) is 0 Å². The third kappa shape index (κ3) is 9.90. The predicted octanol–water partition coefficient (Wildman–Crippen LogP) is 2.85. The van der Waals surface area contributed by atoms with E-state index in [4.69, 9.17) is 0 Å². The van der Waals surface area contributed by atoms with Gasteiger partial charge in [0.05, 0.1) is 6.26 Å². The first-order valence-electron chi connectivity index (χ1n) is 10.8. The van der Waals surface area contributed by atoms with E-state index in [1.54, 1.807) is 0 Å². The van der Waals surface area contributed by atoms with Gasteiger partial charge in [-0.3, -0.25) is 4.79 Å². The molecule has 1 fully saturated rings. The summed E-state index contributed by atoms with van der Waals surface area (Å²) in [7, 11) is -3.14. The van der Waals surface area contributed by atoms with Gasteiger partial charge in [0, 0.05) is 31.6 Å². The van der Waals surface area contributed by atoms with Crippen LogP contribution in [-0.2, 0) is 14.8 Å². The molecule has 7 heteroatoms. The molecule has 1 N–H and O–H groups in total. The summed E-state index contributed by atoms with van der Waals surface area (Å²) in [4.78, 5) is 15.1. The Morgan fingerprint density at radius 3 is 2.04 bits per heavy atom. The molecule has 1 amide bonds. The normalized spacial score (nSPS) is 18.0. The highest BCUT2D eigenvalue weighted by atomic mass is 32.2. The Morgan fingerprint density at radius 2 is 1.59 bits per heavy atom. The van der Waals surface area contributed by atoms with E-state index in [-0.39, 0.29) is 17.9 Å². The number of carbonyl (C=O) groups excluding carboxylic acids is 1. The van der Waals surface area contributed by atoms with Gasteiger partial charge in [-0.15, -0.1) is 0 Å². The quantitative estimate of drug-likeness (QED) is 0.480. The number of carbonyl (C=O) groups is 1. The third-order valence-corrected chi connectivity index (χ3v) is 6.67. The number of unbranched alkanes of at least 4 members (excludes halogenated alkanes) is 4. The first-order valence-corrected chi connectivity index (χ1v) is 12.6. The summed E-state index contributed by atoms with van der Waals surface area (Å²) in [6.45, 7) is 10.5. The molecule has 1 unspecified atom stereocenters. The molecular formula is C20H41N3O3S. The van der Waals surface area contributed by atoms with Gasteiger partial charge in [-0.05, 0) is 45.7 Å². The van der Waals surface area contributed by atoms with Crippen molar-refractivity contribution in [2.24, 2.45) is 5.92 Å². The van der Waals surface area contributed by atoms with E-state index in [0.717, 1.165) is 19.6 Å². The molecule has 1 aliphatic rings. The summed E-state index contributed by atoms with van der Waals surface area (Å²) in [6, 6.07) is 0.119. The summed E-state index contributed by atoms with van der Waals surface area (Å²) in [5.74, 6) is 0.0109. The van der Waals surface area contributed by atoms with Gasteiger partial charge in [-0.25, -0.2) is 12.7 Å². The summed E-state index contributed by atoms with van der Waals surface area (Å²) >= 11 is 0. The molecule has 0 aromatic rings. The lowest BCUT2D eigenvalue weighted by molar-refractivity contribution is -0.126. The second kappa shape index (κ2) is 12.7. The fourth-order valence-electron chi connectivity index (χ4n) is 3.71. The summed E-state index contributed by atoms with van der Waals surface area (Å²) in [5, 5.41) is 3.17. The van der Waals surface area contributed by atoms with E-state index in [1.165, 1.54) is 49.1 Å². The molecule has 27 heavy (non-hydrogen) atoms. The number of hydrogen-bond donors (Lipinski definition) is 1. The first kappa shape index (κ1) is 24.4. The van der Waals surface area contributed by atoms with Crippen molar-refractivity contribution in [3.05, 3.63) is 0 Å². The zero-order valence-corrected chi connectivity index (χ0v) is 18.7. The van der Waals surface area contributed by atoms with Crippen molar-refractivity contribution in [1.82, 2.24) is 14.5 Å². The Labute approximate surface area is 167 Å². The van der Waals surface area contributed by atoms with Crippen LogP contribution in [0, 0.1) is 5.92 Å². The highest BCUT2D eigenvalue weighted by molar-refractivity contribution is 7.88. The van der Waals surface area contributed by atoms with Gasteiger partial charge >= 0.3 is 0 Å². The van der Waals surface area contributed by atoms with Crippen molar-refractivity contribution in [3.63, 3.8) is 0 Å². The molecule has 1 heterocycles. The highest BCUT2D eigenvalue weighted by Crippen LogP contribution is 2.19. The summed E-state index contributed by atoms with van der Waals surface area (Å²) in [5.41, 5.74) is 0. The first-order chi connectivity index (χ1) is 12.8. The van der Waals surface area contributed by atoms with Gasteiger partial charge < -0.3 is 10.2 Å². The molecule has 0 bridgehead atoms. The van der Waals surface area contributed by atoms with Crippen LogP contribution in [0.4, 0.5) is 0 Å². The Hall–Kier alpha value is -0.660. The van der Waals surface area contributed by atoms with Gasteiger partial charge in [-0.1, -0.05) is 39.5 Å². The van der Waals surface area contributed by atoms with E-state index in [1.807, 2.05) is 0 Å². The fraction of sp³-hybridized carbons (Fsp3) is 0.950. The van der Waals surface area contributed by atoms with Gasteiger partial charge in [0.2, 0.25) is 15.9 Å². The Kier molecular flexibility index (Phi) is 11.5. The minimum atomic E-state index is -3.14. The molecular weight excluding hydrogens is 362 g/mol. The maximum atomic E-state index is 12.6. The average Bonchev–Trinajstić information content (AvgIpc) is 2.61. The van der Waals surface area contributed by atoms with E-state index in [2.05, 4.69) is 31.0 Å². The number of amides is 1. The van der Waals surface area contributed by atoms with Crippen LogP contribution in [-0.4, -0.2) is 68.6 Å². The van der Waals surface area contributed by atoms with Crippen molar-refractivity contribution in [2.75, 3.05) is 39.0 Å². The predicted molar refractivity (Wildman–Crippen MR) is 112 cm³/mol. The minimum Gasteiger partial charge on any atom is -0.352 e. The van der Waals surface area contributed by atoms with Crippen molar-refractivity contribution in [2.45, 2.75) is 78.2 Å². The second-order valence-electron chi connectivity index (χ2n) is 8.06. The molecule has 1 rings (SSSR count). The maximum absolute atomic E-state index is 12.6. The van der Waals surface area contributed by atoms with Crippen molar-refractivity contribution < 1.29 is 13.2 Å². The zero-order valence-electron chi connectivity index (χ0n) is 17.9. The largest absolute Gasteiger partial charge is 0.352 e. The monoisotopic (exact) mass is 403 g/mol. The second-order valence-corrected chi connectivity index (χ2v) is 10.0. The molecule has 0 aromatic heterocycles. The average molecular weight is 404 g/mol. The fourth-order valence-corrected chi connectivity index (χ4v) is 4.58. The molecule has 6 nitrogen and oxygen atoms in total. The molecule has 1 aliphatic heterocycles. The summed E-state index contributed by atoms with van der Waals surface area (Å²) < 4.78 is 24.7. The van der Waals surface area contributed by atoms with Crippen molar-refractivity contribution in [3.8, 4) is 0 Å². The van der Waals surface area contributed by atoms with Crippen LogP contribution in [0.1, 0.15) is 72.1 Å². The summed E-state index contributed by atoms with van der Waals surface area (Å²) in [6.07, 6.45) is 9.85. The standard InChI is InChI=1S/C20H41N3O3S/c1-5-7-9-13-22(14-10-8-6-2)17-18(3)21-20(24)19-11-15-23(16-12-19)27(4,25)26/h18-19H,5-17H2,1-4H3,(H,21,24). The van der Waals surface area contributed by atoms with Crippen molar-refractivity contribution >= 4 is 15.9 Å². The molecule has 0 aliphatic carbocycles. The zero-order chi connectivity index (χ0) is 20.3. The van der Waals surface area contributed by atoms with E-state index in [0.29, 0.717) is 25.9 Å². The van der Waals surface area contributed by atoms with Crippen LogP contribution >= 0.6 is 0 Å². The SMILES string of the molecule is CCCCCN(CCCCC)CC(C)NC(=O)C1CCN(S(C)(=O)=O)CC1. The molecule has 0 spiro atoms. The molecule has 0 aromatic carbocycles. The van der Waals surface area contributed by atoms with Crippen molar-refractivity contribution in [1.29, 1.82) is 0 Å². The number of nitrogens with one attached hydrogen (secondary N) is 1. The maximum Gasteiger partial charge on any atom is 0.223 e. The van der Waals surface area contributed by atoms with E-state index >= 15 is 0 Å². The number of piperidine rings is 1. The highest BCUT2D eigenvalue weighted by Gasteiger charge is 2.29. The molecule has 1 saturated heterocycles. The number of hydrogen-bond acceptors (Lipinski definition) is 4. The lowest BCUT2D eigenvalue weighted by atomic mass is 9.97. The van der Waals surface area contributed by atoms with Gasteiger partial charge in [-0.2, -0.15) is 0 Å². The number of sulfonamides is 1. The lowest BCUT2D eigenvalue weighted by Crippen LogP contribution is -2.47. The number of rotatable bonds is 13. The smallest absolute Gasteiger partial charge is 0.223 e. The van der Waals surface area contributed by atoms with Crippen LogP contribution in [0.2, 0.25) is 0 Å². The van der Waals surface area contributed by atoms with Crippen LogP contribution in [0.25, 0.3) is 0 Å². The molecule has 0 radical (unpaired) electrons. The Morgan fingerprint density at radius 1 is 1.07 bits per heavy atom. The van der Waals surface area contributed by atoms with E-state index in [9.17, 15) is 13.2 Å². The molecule has 1 atom stereocenters.